The number of hydrogen-bond donors (Lipinski definition) is 1. The molecule has 2 aliphatic heterocycles. The standard InChI is InChI=1S/C21H25N5O3S2/c1-24-14-16(31(28,29)26-10-4-5-11-26)13-18(24)20(27)22-15-6-7-17-19(12-15)30-21(23-17)25-8-2-3-9-25/h6-7,12-14H,2-5,8-11H2,1H3,(H,22,27). The molecule has 0 bridgehead atoms. The van der Waals surface area contributed by atoms with Gasteiger partial charge in [0.25, 0.3) is 5.91 Å². The van der Waals surface area contributed by atoms with Crippen LogP contribution < -0.4 is 10.2 Å². The number of carbonyl (C=O) groups excluding carboxylic acids is 1. The number of aryl methyl sites for hydroxylation is 1. The highest BCUT2D eigenvalue weighted by Crippen LogP contribution is 2.32. The summed E-state index contributed by atoms with van der Waals surface area (Å²) in [7, 11) is -1.87. The van der Waals surface area contributed by atoms with Gasteiger partial charge in [-0.2, -0.15) is 4.31 Å². The van der Waals surface area contributed by atoms with Crippen molar-refractivity contribution in [2.24, 2.45) is 7.05 Å². The Bertz CT molecular complexity index is 1240. The molecule has 2 aromatic heterocycles. The normalized spacial score (nSPS) is 17.6. The van der Waals surface area contributed by atoms with Gasteiger partial charge in [0, 0.05) is 45.1 Å². The van der Waals surface area contributed by atoms with Crippen molar-refractivity contribution in [2.45, 2.75) is 30.6 Å². The molecule has 4 heterocycles. The summed E-state index contributed by atoms with van der Waals surface area (Å²) in [5.41, 5.74) is 1.89. The lowest BCUT2D eigenvalue weighted by atomic mass is 10.3. The van der Waals surface area contributed by atoms with Gasteiger partial charge in [-0.05, 0) is 49.9 Å². The van der Waals surface area contributed by atoms with Gasteiger partial charge in [0.2, 0.25) is 10.0 Å². The zero-order valence-electron chi connectivity index (χ0n) is 17.4. The first kappa shape index (κ1) is 20.5. The first-order valence-electron chi connectivity index (χ1n) is 10.6. The number of hydrogen-bond acceptors (Lipinski definition) is 6. The molecule has 1 amide bonds. The van der Waals surface area contributed by atoms with Crippen molar-refractivity contribution in [3.05, 3.63) is 36.2 Å². The quantitative estimate of drug-likeness (QED) is 0.633. The third-order valence-electron chi connectivity index (χ3n) is 5.93. The summed E-state index contributed by atoms with van der Waals surface area (Å²) in [5, 5.41) is 3.92. The number of benzene rings is 1. The molecule has 0 aliphatic carbocycles. The Morgan fingerprint density at radius 2 is 1.77 bits per heavy atom. The molecular weight excluding hydrogens is 434 g/mol. The van der Waals surface area contributed by atoms with Gasteiger partial charge in [-0.3, -0.25) is 4.79 Å². The van der Waals surface area contributed by atoms with Crippen molar-refractivity contribution >= 4 is 48.3 Å². The fraction of sp³-hybridized carbons (Fsp3) is 0.429. The summed E-state index contributed by atoms with van der Waals surface area (Å²) in [5.74, 6) is -0.339. The number of fused-ring (bicyclic) bond motifs is 1. The van der Waals surface area contributed by atoms with Crippen molar-refractivity contribution in [3.8, 4) is 0 Å². The number of carbonyl (C=O) groups is 1. The second kappa shape index (κ2) is 7.92. The van der Waals surface area contributed by atoms with Crippen molar-refractivity contribution in [1.82, 2.24) is 13.9 Å². The van der Waals surface area contributed by atoms with Crippen LogP contribution in [0.25, 0.3) is 10.2 Å². The third kappa shape index (κ3) is 3.83. The molecule has 5 rings (SSSR count). The maximum Gasteiger partial charge on any atom is 0.272 e. The maximum atomic E-state index is 12.9. The average Bonchev–Trinajstić information content (AvgIpc) is 3.53. The van der Waals surface area contributed by atoms with Crippen LogP contribution in [0, 0.1) is 0 Å². The Morgan fingerprint density at radius 1 is 1.06 bits per heavy atom. The number of anilines is 2. The van der Waals surface area contributed by atoms with Crippen molar-refractivity contribution in [3.63, 3.8) is 0 Å². The van der Waals surface area contributed by atoms with Gasteiger partial charge < -0.3 is 14.8 Å². The van der Waals surface area contributed by atoms with Crippen molar-refractivity contribution in [2.75, 3.05) is 36.4 Å². The number of amides is 1. The van der Waals surface area contributed by atoms with Crippen molar-refractivity contribution in [1.29, 1.82) is 0 Å². The molecule has 1 N–H and O–H groups in total. The molecule has 10 heteroatoms. The number of thiazole rings is 1. The van der Waals surface area contributed by atoms with Crippen LogP contribution in [0.1, 0.15) is 36.2 Å². The number of aromatic nitrogens is 2. The highest BCUT2D eigenvalue weighted by atomic mass is 32.2. The van der Waals surface area contributed by atoms with Gasteiger partial charge in [-0.1, -0.05) is 11.3 Å². The van der Waals surface area contributed by atoms with E-state index in [2.05, 4.69) is 10.2 Å². The van der Waals surface area contributed by atoms with E-state index in [0.717, 1.165) is 41.3 Å². The van der Waals surface area contributed by atoms with E-state index in [1.54, 1.807) is 23.0 Å². The van der Waals surface area contributed by atoms with Crippen LogP contribution in [-0.2, 0) is 17.1 Å². The van der Waals surface area contributed by atoms with E-state index < -0.39 is 10.0 Å². The molecule has 2 saturated heterocycles. The van der Waals surface area contributed by atoms with Crippen LogP contribution >= 0.6 is 11.3 Å². The van der Waals surface area contributed by atoms with Crippen LogP contribution in [0.4, 0.5) is 10.8 Å². The van der Waals surface area contributed by atoms with E-state index >= 15 is 0 Å². The zero-order chi connectivity index (χ0) is 21.6. The van der Waals surface area contributed by atoms with Crippen LogP contribution in [0.3, 0.4) is 0 Å². The minimum Gasteiger partial charge on any atom is -0.348 e. The lowest BCUT2D eigenvalue weighted by molar-refractivity contribution is 0.101. The van der Waals surface area contributed by atoms with E-state index in [1.165, 1.54) is 29.4 Å². The fourth-order valence-electron chi connectivity index (χ4n) is 4.21. The molecule has 8 nitrogen and oxygen atoms in total. The first-order valence-corrected chi connectivity index (χ1v) is 12.8. The molecule has 0 spiro atoms. The number of rotatable bonds is 5. The van der Waals surface area contributed by atoms with E-state index in [9.17, 15) is 13.2 Å². The molecule has 1 aromatic carbocycles. The lowest BCUT2D eigenvalue weighted by Crippen LogP contribution is -2.27. The number of nitrogens with zero attached hydrogens (tertiary/aromatic N) is 4. The van der Waals surface area contributed by atoms with E-state index in [4.69, 9.17) is 4.98 Å². The largest absolute Gasteiger partial charge is 0.348 e. The Hall–Kier alpha value is -2.43. The predicted molar refractivity (Wildman–Crippen MR) is 122 cm³/mol. The lowest BCUT2D eigenvalue weighted by Gasteiger charge is -2.13. The minimum atomic E-state index is -3.56. The van der Waals surface area contributed by atoms with Gasteiger partial charge in [0.05, 0.1) is 10.2 Å². The van der Waals surface area contributed by atoms with Crippen LogP contribution in [0.5, 0.6) is 0 Å². The SMILES string of the molecule is Cn1cc(S(=O)(=O)N2CCCC2)cc1C(=O)Nc1ccc2nc(N3CCCC3)sc2c1. The Labute approximate surface area is 185 Å². The highest BCUT2D eigenvalue weighted by Gasteiger charge is 2.29. The average molecular weight is 460 g/mol. The highest BCUT2D eigenvalue weighted by molar-refractivity contribution is 7.89. The Balaban J connectivity index is 1.36. The monoisotopic (exact) mass is 459 g/mol. The maximum absolute atomic E-state index is 12.9. The molecule has 0 unspecified atom stereocenters. The number of nitrogens with one attached hydrogen (secondary N) is 1. The summed E-state index contributed by atoms with van der Waals surface area (Å²) >= 11 is 1.63. The summed E-state index contributed by atoms with van der Waals surface area (Å²) in [6.45, 7) is 3.15. The second-order valence-electron chi connectivity index (χ2n) is 8.11. The Morgan fingerprint density at radius 3 is 2.52 bits per heavy atom. The van der Waals surface area contributed by atoms with Crippen LogP contribution in [0.2, 0.25) is 0 Å². The smallest absolute Gasteiger partial charge is 0.272 e. The van der Waals surface area contributed by atoms with Gasteiger partial charge in [-0.25, -0.2) is 13.4 Å². The summed E-state index contributed by atoms with van der Waals surface area (Å²) in [4.78, 5) is 20.1. The van der Waals surface area contributed by atoms with Gasteiger partial charge in [0.15, 0.2) is 5.13 Å². The fourth-order valence-corrected chi connectivity index (χ4v) is 6.85. The zero-order valence-corrected chi connectivity index (χ0v) is 19.0. The topological polar surface area (TPSA) is 87.5 Å². The van der Waals surface area contributed by atoms with Gasteiger partial charge in [0.1, 0.15) is 10.6 Å². The molecule has 3 aromatic rings. The minimum absolute atomic E-state index is 0.162. The Kier molecular flexibility index (Phi) is 5.23. The molecular formula is C21H25N5O3S2. The van der Waals surface area contributed by atoms with Gasteiger partial charge in [-0.15, -0.1) is 0 Å². The van der Waals surface area contributed by atoms with Crippen LogP contribution in [0.15, 0.2) is 35.4 Å². The summed E-state index contributed by atoms with van der Waals surface area (Å²) < 4.78 is 29.7. The molecule has 2 aliphatic rings. The van der Waals surface area contributed by atoms with E-state index in [1.807, 2.05) is 18.2 Å². The summed E-state index contributed by atoms with van der Waals surface area (Å²) in [6, 6.07) is 7.13. The molecule has 2 fully saturated rings. The van der Waals surface area contributed by atoms with Crippen LogP contribution in [-0.4, -0.2) is 54.4 Å². The van der Waals surface area contributed by atoms with Crippen molar-refractivity contribution < 1.29 is 13.2 Å². The summed E-state index contributed by atoms with van der Waals surface area (Å²) in [6.07, 6.45) is 5.65. The first-order chi connectivity index (χ1) is 14.9. The number of sulfonamides is 1. The van der Waals surface area contributed by atoms with E-state index in [0.29, 0.717) is 24.5 Å². The van der Waals surface area contributed by atoms with Gasteiger partial charge >= 0.3 is 0 Å². The molecule has 164 valence electrons. The third-order valence-corrected chi connectivity index (χ3v) is 8.87. The molecule has 0 saturated carbocycles. The second-order valence-corrected chi connectivity index (χ2v) is 11.1. The predicted octanol–water partition coefficient (Wildman–Crippen LogP) is 3.27. The molecule has 0 atom stereocenters. The molecule has 0 radical (unpaired) electrons. The molecule has 31 heavy (non-hydrogen) atoms. The van der Waals surface area contributed by atoms with E-state index in [-0.39, 0.29) is 10.8 Å².